The molecule has 0 bridgehead atoms. The van der Waals surface area contributed by atoms with Crippen LogP contribution in [0.5, 0.6) is 5.75 Å². The number of hydrogen-bond donors (Lipinski definition) is 1. The van der Waals surface area contributed by atoms with E-state index in [-0.39, 0.29) is 11.9 Å². The first-order valence-corrected chi connectivity index (χ1v) is 5.20. The zero-order valence-corrected chi connectivity index (χ0v) is 9.46. The molecule has 0 fully saturated rings. The molecule has 2 N–H and O–H groups in total. The second kappa shape index (κ2) is 5.01. The summed E-state index contributed by atoms with van der Waals surface area (Å²) < 4.78 is 18.5. The van der Waals surface area contributed by atoms with Crippen LogP contribution < -0.4 is 10.5 Å². The summed E-state index contributed by atoms with van der Waals surface area (Å²) in [6.45, 7) is 6.20. The average molecular weight is 211 g/mol. The second-order valence-electron chi connectivity index (χ2n) is 4.24. The molecule has 0 aliphatic heterocycles. The molecule has 1 atom stereocenters. The number of ether oxygens (including phenoxy) is 1. The lowest BCUT2D eigenvalue weighted by Gasteiger charge is -2.17. The van der Waals surface area contributed by atoms with Gasteiger partial charge >= 0.3 is 0 Å². The number of halogens is 1. The van der Waals surface area contributed by atoms with Crippen LogP contribution in [0.25, 0.3) is 0 Å². The van der Waals surface area contributed by atoms with Gasteiger partial charge in [0.2, 0.25) is 0 Å². The summed E-state index contributed by atoms with van der Waals surface area (Å²) in [6.07, 6.45) is 0.977. The lowest BCUT2D eigenvalue weighted by atomic mass is 10.1. The number of nitrogen functional groups attached to an aromatic ring is 1. The van der Waals surface area contributed by atoms with E-state index in [1.54, 1.807) is 0 Å². The van der Waals surface area contributed by atoms with Gasteiger partial charge in [-0.3, -0.25) is 0 Å². The molecule has 0 saturated heterocycles. The van der Waals surface area contributed by atoms with E-state index in [2.05, 4.69) is 13.8 Å². The molecule has 0 radical (unpaired) electrons. The summed E-state index contributed by atoms with van der Waals surface area (Å²) in [5, 5.41) is 0. The second-order valence-corrected chi connectivity index (χ2v) is 4.24. The fourth-order valence-electron chi connectivity index (χ4n) is 1.54. The summed E-state index contributed by atoms with van der Waals surface area (Å²) in [4.78, 5) is 0. The highest BCUT2D eigenvalue weighted by Gasteiger charge is 2.09. The van der Waals surface area contributed by atoms with Gasteiger partial charge in [-0.1, -0.05) is 13.8 Å². The van der Waals surface area contributed by atoms with E-state index in [0.29, 0.717) is 17.4 Å². The standard InChI is InChI=1S/C12H18FNO/c1-8(2)6-9(3)15-12-7-10(13)4-5-11(12)14/h4-5,7-9H,6,14H2,1-3H3. The van der Waals surface area contributed by atoms with Gasteiger partial charge in [0.05, 0.1) is 11.8 Å². The molecule has 0 aliphatic rings. The van der Waals surface area contributed by atoms with Crippen LogP contribution in [-0.4, -0.2) is 6.10 Å². The normalized spacial score (nSPS) is 12.9. The molecule has 1 unspecified atom stereocenters. The maximum Gasteiger partial charge on any atom is 0.145 e. The highest BCUT2D eigenvalue weighted by Crippen LogP contribution is 2.24. The summed E-state index contributed by atoms with van der Waals surface area (Å²) in [6, 6.07) is 4.17. The van der Waals surface area contributed by atoms with Crippen molar-refractivity contribution in [3.63, 3.8) is 0 Å². The molecule has 0 aliphatic carbocycles. The molecule has 2 nitrogen and oxygen atoms in total. The van der Waals surface area contributed by atoms with Gasteiger partial charge in [-0.25, -0.2) is 4.39 Å². The summed E-state index contributed by atoms with van der Waals surface area (Å²) in [5.41, 5.74) is 6.16. The first-order chi connectivity index (χ1) is 6.99. The molecule has 0 amide bonds. The van der Waals surface area contributed by atoms with Crippen molar-refractivity contribution >= 4 is 5.69 Å². The Hall–Kier alpha value is -1.25. The van der Waals surface area contributed by atoms with Crippen molar-refractivity contribution in [2.75, 3.05) is 5.73 Å². The van der Waals surface area contributed by atoms with E-state index in [4.69, 9.17) is 10.5 Å². The van der Waals surface area contributed by atoms with E-state index in [1.807, 2.05) is 6.92 Å². The number of hydrogen-bond acceptors (Lipinski definition) is 2. The van der Waals surface area contributed by atoms with Crippen LogP contribution >= 0.6 is 0 Å². The van der Waals surface area contributed by atoms with Crippen molar-refractivity contribution in [3.8, 4) is 5.75 Å². The SMILES string of the molecule is CC(C)CC(C)Oc1cc(F)ccc1N. The van der Waals surface area contributed by atoms with E-state index in [9.17, 15) is 4.39 Å². The van der Waals surface area contributed by atoms with Crippen LogP contribution in [-0.2, 0) is 0 Å². The van der Waals surface area contributed by atoms with Crippen LogP contribution in [0.2, 0.25) is 0 Å². The van der Waals surface area contributed by atoms with Crippen LogP contribution in [0.3, 0.4) is 0 Å². The Balaban J connectivity index is 2.67. The largest absolute Gasteiger partial charge is 0.488 e. The quantitative estimate of drug-likeness (QED) is 0.776. The topological polar surface area (TPSA) is 35.2 Å². The Kier molecular flexibility index (Phi) is 3.95. The van der Waals surface area contributed by atoms with E-state index >= 15 is 0 Å². The Morgan fingerprint density at radius 1 is 1.33 bits per heavy atom. The van der Waals surface area contributed by atoms with Crippen LogP contribution in [0.1, 0.15) is 27.2 Å². The first kappa shape index (κ1) is 11.8. The van der Waals surface area contributed by atoms with Gasteiger partial charge in [-0.2, -0.15) is 0 Å². The number of nitrogens with two attached hydrogens (primary N) is 1. The fraction of sp³-hybridized carbons (Fsp3) is 0.500. The van der Waals surface area contributed by atoms with Gasteiger partial charge in [0.25, 0.3) is 0 Å². The zero-order valence-electron chi connectivity index (χ0n) is 9.46. The number of anilines is 1. The highest BCUT2D eigenvalue weighted by atomic mass is 19.1. The maximum absolute atomic E-state index is 12.9. The van der Waals surface area contributed by atoms with Crippen molar-refractivity contribution < 1.29 is 9.13 Å². The minimum absolute atomic E-state index is 0.0501. The van der Waals surface area contributed by atoms with Crippen molar-refractivity contribution in [1.29, 1.82) is 0 Å². The van der Waals surface area contributed by atoms with Gasteiger partial charge in [0, 0.05) is 6.07 Å². The Labute approximate surface area is 90.2 Å². The smallest absolute Gasteiger partial charge is 0.145 e. The van der Waals surface area contributed by atoms with Gasteiger partial charge < -0.3 is 10.5 Å². The van der Waals surface area contributed by atoms with Crippen molar-refractivity contribution in [2.24, 2.45) is 5.92 Å². The third kappa shape index (κ3) is 3.78. The lowest BCUT2D eigenvalue weighted by molar-refractivity contribution is 0.194. The predicted octanol–water partition coefficient (Wildman–Crippen LogP) is 3.22. The molecule has 0 aromatic heterocycles. The Morgan fingerprint density at radius 3 is 2.60 bits per heavy atom. The predicted molar refractivity (Wildman–Crippen MR) is 60.4 cm³/mol. The van der Waals surface area contributed by atoms with Crippen LogP contribution in [0, 0.1) is 11.7 Å². The third-order valence-electron chi connectivity index (χ3n) is 2.11. The minimum atomic E-state index is -0.323. The molecular weight excluding hydrogens is 193 g/mol. The molecule has 0 heterocycles. The Morgan fingerprint density at radius 2 is 2.00 bits per heavy atom. The molecule has 15 heavy (non-hydrogen) atoms. The maximum atomic E-state index is 12.9. The fourth-order valence-corrected chi connectivity index (χ4v) is 1.54. The van der Waals surface area contributed by atoms with Gasteiger partial charge in [-0.15, -0.1) is 0 Å². The minimum Gasteiger partial charge on any atom is -0.488 e. The first-order valence-electron chi connectivity index (χ1n) is 5.20. The van der Waals surface area contributed by atoms with Crippen molar-refractivity contribution in [3.05, 3.63) is 24.0 Å². The summed E-state index contributed by atoms with van der Waals surface area (Å²) in [7, 11) is 0. The zero-order chi connectivity index (χ0) is 11.4. The van der Waals surface area contributed by atoms with Crippen LogP contribution in [0.4, 0.5) is 10.1 Å². The van der Waals surface area contributed by atoms with E-state index < -0.39 is 0 Å². The molecule has 1 aromatic rings. The summed E-state index contributed by atoms with van der Waals surface area (Å²) >= 11 is 0. The molecule has 84 valence electrons. The number of rotatable bonds is 4. The van der Waals surface area contributed by atoms with Gasteiger partial charge in [-0.05, 0) is 31.4 Å². The van der Waals surface area contributed by atoms with Gasteiger partial charge in [0.15, 0.2) is 0 Å². The van der Waals surface area contributed by atoms with Gasteiger partial charge in [0.1, 0.15) is 11.6 Å². The number of benzene rings is 1. The van der Waals surface area contributed by atoms with Crippen molar-refractivity contribution in [1.82, 2.24) is 0 Å². The van der Waals surface area contributed by atoms with E-state index in [1.165, 1.54) is 18.2 Å². The molecule has 0 saturated carbocycles. The molecular formula is C12H18FNO. The average Bonchev–Trinajstić information content (AvgIpc) is 2.10. The van der Waals surface area contributed by atoms with Crippen molar-refractivity contribution in [2.45, 2.75) is 33.3 Å². The molecule has 1 rings (SSSR count). The highest BCUT2D eigenvalue weighted by molar-refractivity contribution is 5.52. The molecule has 1 aromatic carbocycles. The van der Waals surface area contributed by atoms with E-state index in [0.717, 1.165) is 6.42 Å². The Bertz CT molecular complexity index is 325. The third-order valence-corrected chi connectivity index (χ3v) is 2.11. The summed E-state index contributed by atoms with van der Waals surface area (Å²) in [5.74, 6) is 0.661. The molecule has 0 spiro atoms. The molecule has 3 heteroatoms. The lowest BCUT2D eigenvalue weighted by Crippen LogP contribution is -2.15. The monoisotopic (exact) mass is 211 g/mol. The van der Waals surface area contributed by atoms with Crippen LogP contribution in [0.15, 0.2) is 18.2 Å².